The molecule has 1 heterocycles. The summed E-state index contributed by atoms with van der Waals surface area (Å²) in [7, 11) is 0. The van der Waals surface area contributed by atoms with Crippen LogP contribution in [0.15, 0.2) is 0 Å². The van der Waals surface area contributed by atoms with Gasteiger partial charge in [0.15, 0.2) is 0 Å². The van der Waals surface area contributed by atoms with Crippen molar-refractivity contribution in [3.63, 3.8) is 0 Å². The molecule has 5 heteroatoms. The molecule has 1 rings (SSSR count). The first-order chi connectivity index (χ1) is 8.44. The number of carbonyl (C=O) groups excluding carboxylic acids is 2. The van der Waals surface area contributed by atoms with E-state index in [9.17, 15) is 9.59 Å². The molecule has 0 spiro atoms. The molecule has 0 bridgehead atoms. The van der Waals surface area contributed by atoms with Crippen molar-refractivity contribution in [3.05, 3.63) is 0 Å². The fourth-order valence-corrected chi connectivity index (χ4v) is 2.08. The molecule has 2 amide bonds. The molecule has 0 unspecified atom stereocenters. The molecule has 0 aromatic heterocycles. The Balaban J connectivity index is 2.25. The minimum atomic E-state index is -0.0951. The van der Waals surface area contributed by atoms with Crippen molar-refractivity contribution in [2.45, 2.75) is 39.5 Å². The molecule has 1 aliphatic heterocycles. The van der Waals surface area contributed by atoms with E-state index in [1.54, 1.807) is 4.90 Å². The predicted octanol–water partition coefficient (Wildman–Crippen LogP) is 0.524. The highest BCUT2D eigenvalue weighted by atomic mass is 16.3. The zero-order valence-corrected chi connectivity index (χ0v) is 11.4. The topological polar surface area (TPSA) is 69.6 Å². The third kappa shape index (κ3) is 5.04. The lowest BCUT2D eigenvalue weighted by Crippen LogP contribution is -2.41. The lowest BCUT2D eigenvalue weighted by Gasteiger charge is -2.25. The third-order valence-electron chi connectivity index (χ3n) is 3.28. The average molecular weight is 256 g/mol. The fraction of sp³-hybridized carbons (Fsp3) is 0.846. The van der Waals surface area contributed by atoms with E-state index in [0.717, 1.165) is 19.3 Å². The van der Waals surface area contributed by atoms with Gasteiger partial charge in [0.1, 0.15) is 0 Å². The molecule has 0 atom stereocenters. The lowest BCUT2D eigenvalue weighted by atomic mass is 9.88. The molecule has 18 heavy (non-hydrogen) atoms. The van der Waals surface area contributed by atoms with Gasteiger partial charge in [0.2, 0.25) is 11.8 Å². The van der Waals surface area contributed by atoms with E-state index in [0.29, 0.717) is 19.5 Å². The van der Waals surface area contributed by atoms with Crippen LogP contribution in [0.3, 0.4) is 0 Å². The number of carbonyl (C=O) groups is 2. The number of amides is 2. The normalized spacial score (nSPS) is 16.2. The van der Waals surface area contributed by atoms with Crippen LogP contribution in [0.25, 0.3) is 0 Å². The predicted molar refractivity (Wildman–Crippen MR) is 68.9 cm³/mol. The smallest absolute Gasteiger partial charge is 0.239 e. The van der Waals surface area contributed by atoms with Crippen molar-refractivity contribution in [3.8, 4) is 0 Å². The SMILES string of the molecule is CC(C)(CCCO)CNC(=O)CN1CCCC1=O. The second-order valence-electron chi connectivity index (χ2n) is 5.69. The monoisotopic (exact) mass is 256 g/mol. The van der Waals surface area contributed by atoms with Gasteiger partial charge < -0.3 is 15.3 Å². The summed E-state index contributed by atoms with van der Waals surface area (Å²) in [4.78, 5) is 24.7. The Bertz CT molecular complexity index is 303. The Kier molecular flexibility index (Phi) is 5.59. The van der Waals surface area contributed by atoms with E-state index in [4.69, 9.17) is 5.11 Å². The Morgan fingerprint density at radius 2 is 2.22 bits per heavy atom. The van der Waals surface area contributed by atoms with Gasteiger partial charge in [0, 0.05) is 26.1 Å². The van der Waals surface area contributed by atoms with Crippen molar-refractivity contribution in [1.82, 2.24) is 10.2 Å². The van der Waals surface area contributed by atoms with Crippen LogP contribution in [-0.2, 0) is 9.59 Å². The number of rotatable bonds is 7. The van der Waals surface area contributed by atoms with Crippen molar-refractivity contribution >= 4 is 11.8 Å². The molecule has 0 saturated carbocycles. The molecule has 0 aliphatic carbocycles. The van der Waals surface area contributed by atoms with Crippen LogP contribution in [0.2, 0.25) is 0 Å². The molecular formula is C13H24N2O3. The van der Waals surface area contributed by atoms with Gasteiger partial charge in [-0.3, -0.25) is 9.59 Å². The van der Waals surface area contributed by atoms with Crippen molar-refractivity contribution in [2.75, 3.05) is 26.2 Å². The number of aliphatic hydroxyl groups is 1. The van der Waals surface area contributed by atoms with Crippen LogP contribution in [0.4, 0.5) is 0 Å². The second kappa shape index (κ2) is 6.73. The minimum Gasteiger partial charge on any atom is -0.396 e. The largest absolute Gasteiger partial charge is 0.396 e. The summed E-state index contributed by atoms with van der Waals surface area (Å²) in [5.41, 5.74) is -0.0204. The minimum absolute atomic E-state index is 0.0204. The fourth-order valence-electron chi connectivity index (χ4n) is 2.08. The number of hydrogen-bond acceptors (Lipinski definition) is 3. The van der Waals surface area contributed by atoms with Crippen LogP contribution in [0, 0.1) is 5.41 Å². The summed E-state index contributed by atoms with van der Waals surface area (Å²) in [6, 6.07) is 0. The van der Waals surface area contributed by atoms with Crippen molar-refractivity contribution < 1.29 is 14.7 Å². The first-order valence-electron chi connectivity index (χ1n) is 6.60. The van der Waals surface area contributed by atoms with Crippen molar-refractivity contribution in [1.29, 1.82) is 0 Å². The molecular weight excluding hydrogens is 232 g/mol. The molecule has 104 valence electrons. The van der Waals surface area contributed by atoms with Crippen LogP contribution >= 0.6 is 0 Å². The highest BCUT2D eigenvalue weighted by Gasteiger charge is 2.23. The van der Waals surface area contributed by atoms with E-state index in [-0.39, 0.29) is 30.4 Å². The highest BCUT2D eigenvalue weighted by Crippen LogP contribution is 2.20. The molecule has 0 aromatic rings. The quantitative estimate of drug-likeness (QED) is 0.698. The Hall–Kier alpha value is -1.10. The first-order valence-corrected chi connectivity index (χ1v) is 6.60. The standard InChI is InChI=1S/C13H24N2O3/c1-13(2,6-4-8-16)10-14-11(17)9-15-7-3-5-12(15)18/h16H,3-10H2,1-2H3,(H,14,17). The van der Waals surface area contributed by atoms with Gasteiger partial charge in [-0.15, -0.1) is 0 Å². The zero-order valence-electron chi connectivity index (χ0n) is 11.4. The van der Waals surface area contributed by atoms with E-state index in [1.165, 1.54) is 0 Å². The van der Waals surface area contributed by atoms with Crippen LogP contribution in [-0.4, -0.2) is 48.1 Å². The molecule has 1 fully saturated rings. The van der Waals surface area contributed by atoms with E-state index < -0.39 is 0 Å². The highest BCUT2D eigenvalue weighted by molar-refractivity contribution is 5.85. The summed E-state index contributed by atoms with van der Waals surface area (Å²) >= 11 is 0. The zero-order chi connectivity index (χ0) is 13.6. The number of hydrogen-bond donors (Lipinski definition) is 2. The van der Waals surface area contributed by atoms with Gasteiger partial charge in [0.25, 0.3) is 0 Å². The first kappa shape index (κ1) is 15.0. The molecule has 2 N–H and O–H groups in total. The van der Waals surface area contributed by atoms with Gasteiger partial charge in [-0.05, 0) is 24.7 Å². The van der Waals surface area contributed by atoms with E-state index in [2.05, 4.69) is 19.2 Å². The van der Waals surface area contributed by atoms with Gasteiger partial charge in [-0.25, -0.2) is 0 Å². The summed E-state index contributed by atoms with van der Waals surface area (Å²) in [5, 5.41) is 11.7. The maximum Gasteiger partial charge on any atom is 0.239 e. The number of aliphatic hydroxyl groups excluding tert-OH is 1. The molecule has 0 aromatic carbocycles. The summed E-state index contributed by atoms with van der Waals surface area (Å²) in [6.45, 7) is 5.75. The second-order valence-corrected chi connectivity index (χ2v) is 5.69. The van der Waals surface area contributed by atoms with Gasteiger partial charge in [-0.1, -0.05) is 13.8 Å². The summed E-state index contributed by atoms with van der Waals surface area (Å²) in [5.74, 6) is -0.0213. The van der Waals surface area contributed by atoms with Crippen LogP contribution in [0.1, 0.15) is 39.5 Å². The number of likely N-dealkylation sites (tertiary alicyclic amines) is 1. The van der Waals surface area contributed by atoms with Gasteiger partial charge in [-0.2, -0.15) is 0 Å². The maximum absolute atomic E-state index is 11.7. The van der Waals surface area contributed by atoms with E-state index >= 15 is 0 Å². The van der Waals surface area contributed by atoms with Crippen LogP contribution in [0.5, 0.6) is 0 Å². The number of nitrogens with one attached hydrogen (secondary N) is 1. The molecule has 5 nitrogen and oxygen atoms in total. The summed E-state index contributed by atoms with van der Waals surface area (Å²) < 4.78 is 0. The number of nitrogens with zero attached hydrogens (tertiary/aromatic N) is 1. The molecule has 1 saturated heterocycles. The Labute approximate surface area is 109 Å². The van der Waals surface area contributed by atoms with Gasteiger partial charge in [0.05, 0.1) is 6.54 Å². The maximum atomic E-state index is 11.7. The average Bonchev–Trinajstić information content (AvgIpc) is 2.70. The van der Waals surface area contributed by atoms with Crippen molar-refractivity contribution in [2.24, 2.45) is 5.41 Å². The molecule has 1 aliphatic rings. The van der Waals surface area contributed by atoms with Gasteiger partial charge >= 0.3 is 0 Å². The van der Waals surface area contributed by atoms with Crippen LogP contribution < -0.4 is 5.32 Å². The van der Waals surface area contributed by atoms with E-state index in [1.807, 2.05) is 0 Å². The lowest BCUT2D eigenvalue weighted by molar-refractivity contribution is -0.133. The summed E-state index contributed by atoms with van der Waals surface area (Å²) in [6.07, 6.45) is 3.03. The third-order valence-corrected chi connectivity index (χ3v) is 3.28. The Morgan fingerprint density at radius 3 is 2.78 bits per heavy atom. The Morgan fingerprint density at radius 1 is 1.50 bits per heavy atom. The molecule has 0 radical (unpaired) electrons.